The number of amides is 2. The van der Waals surface area contributed by atoms with Crippen molar-refractivity contribution in [3.8, 4) is 0 Å². The monoisotopic (exact) mass is 330 g/mol. The zero-order chi connectivity index (χ0) is 17.4. The first-order valence-electron chi connectivity index (χ1n) is 8.35. The third-order valence-corrected chi connectivity index (χ3v) is 4.57. The topological polar surface area (TPSA) is 49.4 Å². The number of fused-ring (bicyclic) bond motifs is 2. The van der Waals surface area contributed by atoms with Crippen LogP contribution in [0.4, 0.5) is 11.4 Å². The Kier molecular flexibility index (Phi) is 3.73. The maximum Gasteiger partial charge on any atom is 0.258 e. The van der Waals surface area contributed by atoms with Crippen molar-refractivity contribution in [2.24, 2.45) is 0 Å². The lowest BCUT2D eigenvalue weighted by Gasteiger charge is -2.28. The van der Waals surface area contributed by atoms with Crippen LogP contribution in [0.3, 0.4) is 0 Å². The van der Waals surface area contributed by atoms with Crippen molar-refractivity contribution in [3.63, 3.8) is 0 Å². The summed E-state index contributed by atoms with van der Waals surface area (Å²) in [6.07, 6.45) is 0.272. The number of hydrogen-bond donors (Lipinski definition) is 1. The van der Waals surface area contributed by atoms with E-state index in [1.807, 2.05) is 73.7 Å². The summed E-state index contributed by atoms with van der Waals surface area (Å²) in [4.78, 5) is 27.1. The van der Waals surface area contributed by atoms with E-state index in [2.05, 4.69) is 5.32 Å². The zero-order valence-electron chi connectivity index (χ0n) is 13.9. The molecule has 0 aromatic heterocycles. The highest BCUT2D eigenvalue weighted by atomic mass is 16.2. The minimum Gasteiger partial charge on any atom is -0.324 e. The van der Waals surface area contributed by atoms with Crippen LogP contribution in [0.15, 0.2) is 66.7 Å². The number of anilines is 2. The van der Waals surface area contributed by atoms with Crippen molar-refractivity contribution in [2.75, 3.05) is 10.2 Å². The van der Waals surface area contributed by atoms with Gasteiger partial charge in [0, 0.05) is 18.0 Å². The first-order chi connectivity index (χ1) is 12.1. The molecule has 1 unspecified atom stereocenters. The average molecular weight is 330 g/mol. The van der Waals surface area contributed by atoms with Crippen LogP contribution < -0.4 is 10.2 Å². The van der Waals surface area contributed by atoms with Crippen molar-refractivity contribution < 1.29 is 9.59 Å². The lowest BCUT2D eigenvalue weighted by Crippen LogP contribution is -2.39. The van der Waals surface area contributed by atoms with Gasteiger partial charge in [-0.05, 0) is 42.0 Å². The summed E-state index contributed by atoms with van der Waals surface area (Å²) in [5.74, 6) is -0.170. The molecule has 4 nitrogen and oxygen atoms in total. The second-order valence-electron chi connectivity index (χ2n) is 6.36. The molecule has 25 heavy (non-hydrogen) atoms. The molecular weight excluding hydrogens is 312 g/mol. The van der Waals surface area contributed by atoms with E-state index in [0.29, 0.717) is 11.3 Å². The van der Waals surface area contributed by atoms with Crippen LogP contribution in [-0.2, 0) is 4.79 Å². The fourth-order valence-corrected chi connectivity index (χ4v) is 3.36. The molecule has 1 aliphatic rings. The van der Waals surface area contributed by atoms with Crippen LogP contribution in [0.5, 0.6) is 0 Å². The second-order valence-corrected chi connectivity index (χ2v) is 6.36. The Hall–Kier alpha value is -3.14. The number of para-hydroxylation sites is 2. The Bertz CT molecular complexity index is 980. The van der Waals surface area contributed by atoms with Gasteiger partial charge in [-0.25, -0.2) is 0 Å². The van der Waals surface area contributed by atoms with Crippen LogP contribution in [0.1, 0.15) is 23.7 Å². The maximum absolute atomic E-state index is 13.3. The summed E-state index contributed by atoms with van der Waals surface area (Å²) in [5.41, 5.74) is 2.03. The first-order valence-corrected chi connectivity index (χ1v) is 8.35. The van der Waals surface area contributed by atoms with E-state index in [1.165, 1.54) is 0 Å². The molecule has 0 radical (unpaired) electrons. The van der Waals surface area contributed by atoms with Crippen LogP contribution in [-0.4, -0.2) is 17.9 Å². The van der Waals surface area contributed by atoms with Gasteiger partial charge in [-0.2, -0.15) is 0 Å². The van der Waals surface area contributed by atoms with Gasteiger partial charge in [0.2, 0.25) is 5.91 Å². The Balaban J connectivity index is 1.80. The molecule has 124 valence electrons. The fraction of sp³-hybridized carbons (Fsp3) is 0.143. The van der Waals surface area contributed by atoms with Crippen molar-refractivity contribution >= 4 is 34.0 Å². The maximum atomic E-state index is 13.3. The van der Waals surface area contributed by atoms with E-state index in [4.69, 9.17) is 0 Å². The van der Waals surface area contributed by atoms with Gasteiger partial charge in [0.15, 0.2) is 0 Å². The van der Waals surface area contributed by atoms with Gasteiger partial charge in [-0.3, -0.25) is 9.59 Å². The highest BCUT2D eigenvalue weighted by molar-refractivity contribution is 6.12. The van der Waals surface area contributed by atoms with Gasteiger partial charge in [-0.1, -0.05) is 42.5 Å². The lowest BCUT2D eigenvalue weighted by molar-refractivity contribution is -0.116. The minimum absolute atomic E-state index is 0.0752. The Morgan fingerprint density at radius 1 is 1.00 bits per heavy atom. The van der Waals surface area contributed by atoms with Crippen LogP contribution in [0, 0.1) is 0 Å². The van der Waals surface area contributed by atoms with Gasteiger partial charge in [-0.15, -0.1) is 0 Å². The molecule has 4 heteroatoms. The average Bonchev–Trinajstić information content (AvgIpc) is 2.75. The number of carbonyl (C=O) groups excluding carboxylic acids is 2. The molecule has 0 bridgehead atoms. The molecular formula is C21H18N2O2. The molecule has 0 saturated carbocycles. The largest absolute Gasteiger partial charge is 0.324 e. The standard InChI is InChI=1S/C21H18N2O2/c1-14-12-20(24)22-18-8-4-5-9-19(18)23(14)21(25)17-11-10-15-6-2-3-7-16(15)13-17/h2-11,13-14H,12H2,1H3,(H,22,24). The summed E-state index contributed by atoms with van der Waals surface area (Å²) < 4.78 is 0. The smallest absolute Gasteiger partial charge is 0.258 e. The summed E-state index contributed by atoms with van der Waals surface area (Å²) in [6.45, 7) is 1.90. The van der Waals surface area contributed by atoms with Crippen LogP contribution in [0.2, 0.25) is 0 Å². The molecule has 4 rings (SSSR count). The van der Waals surface area contributed by atoms with Crippen molar-refractivity contribution in [2.45, 2.75) is 19.4 Å². The molecule has 0 spiro atoms. The molecule has 1 atom stereocenters. The van der Waals surface area contributed by atoms with Gasteiger partial charge < -0.3 is 10.2 Å². The second kappa shape index (κ2) is 6.06. The van der Waals surface area contributed by atoms with E-state index in [1.54, 1.807) is 4.90 Å². The predicted octanol–water partition coefficient (Wildman–Crippen LogP) is 4.22. The van der Waals surface area contributed by atoms with Crippen molar-refractivity contribution in [3.05, 3.63) is 72.3 Å². The lowest BCUT2D eigenvalue weighted by atomic mass is 10.0. The third-order valence-electron chi connectivity index (χ3n) is 4.57. The van der Waals surface area contributed by atoms with Crippen LogP contribution in [0.25, 0.3) is 10.8 Å². The Morgan fingerprint density at radius 2 is 1.72 bits per heavy atom. The van der Waals surface area contributed by atoms with Gasteiger partial charge >= 0.3 is 0 Å². The van der Waals surface area contributed by atoms with Crippen molar-refractivity contribution in [1.82, 2.24) is 0 Å². The predicted molar refractivity (Wildman–Crippen MR) is 99.9 cm³/mol. The fourth-order valence-electron chi connectivity index (χ4n) is 3.36. The van der Waals surface area contributed by atoms with Crippen molar-refractivity contribution in [1.29, 1.82) is 0 Å². The van der Waals surface area contributed by atoms with Gasteiger partial charge in [0.05, 0.1) is 11.4 Å². The first kappa shape index (κ1) is 15.4. The van der Waals surface area contributed by atoms with Gasteiger partial charge in [0.1, 0.15) is 0 Å². The molecule has 0 aliphatic carbocycles. The highest BCUT2D eigenvalue weighted by Crippen LogP contribution is 2.32. The van der Waals surface area contributed by atoms with E-state index in [-0.39, 0.29) is 24.3 Å². The number of carbonyl (C=O) groups is 2. The minimum atomic E-state index is -0.220. The number of benzene rings is 3. The molecule has 2 amide bonds. The van der Waals surface area contributed by atoms with Crippen LogP contribution >= 0.6 is 0 Å². The highest BCUT2D eigenvalue weighted by Gasteiger charge is 2.30. The van der Waals surface area contributed by atoms with E-state index < -0.39 is 0 Å². The molecule has 1 heterocycles. The number of rotatable bonds is 1. The molecule has 3 aromatic carbocycles. The summed E-state index contributed by atoms with van der Waals surface area (Å²) in [7, 11) is 0. The third kappa shape index (κ3) is 2.76. The number of hydrogen-bond acceptors (Lipinski definition) is 2. The van der Waals surface area contributed by atoms with E-state index in [0.717, 1.165) is 16.5 Å². The zero-order valence-corrected chi connectivity index (χ0v) is 13.9. The molecule has 1 N–H and O–H groups in total. The summed E-state index contributed by atoms with van der Waals surface area (Å²) in [5, 5.41) is 5.01. The van der Waals surface area contributed by atoms with E-state index >= 15 is 0 Å². The Labute approximate surface area is 146 Å². The molecule has 1 aliphatic heterocycles. The normalized spacial score (nSPS) is 16.9. The quantitative estimate of drug-likeness (QED) is 0.726. The number of nitrogens with one attached hydrogen (secondary N) is 1. The summed E-state index contributed by atoms with van der Waals surface area (Å²) >= 11 is 0. The van der Waals surface area contributed by atoms with Gasteiger partial charge in [0.25, 0.3) is 5.91 Å². The number of nitrogens with zero attached hydrogens (tertiary/aromatic N) is 1. The Morgan fingerprint density at radius 3 is 2.56 bits per heavy atom. The SMILES string of the molecule is CC1CC(=O)Nc2ccccc2N1C(=O)c1ccc2ccccc2c1. The summed E-state index contributed by atoms with van der Waals surface area (Å²) in [6, 6.07) is 20.9. The van der Waals surface area contributed by atoms with E-state index in [9.17, 15) is 9.59 Å². The molecule has 0 fully saturated rings. The molecule has 0 saturated heterocycles. The molecule has 3 aromatic rings.